The molecule has 180 valence electrons. The summed E-state index contributed by atoms with van der Waals surface area (Å²) in [7, 11) is 1.55. The molecule has 0 bridgehead atoms. The quantitative estimate of drug-likeness (QED) is 0.175. The Morgan fingerprint density at radius 3 is 2.38 bits per heavy atom. The number of esters is 1. The zero-order chi connectivity index (χ0) is 24.8. The molecule has 0 atom stereocenters. The first-order valence-corrected chi connectivity index (χ1v) is 11.5. The van der Waals surface area contributed by atoms with Crippen molar-refractivity contribution in [2.24, 2.45) is 0 Å². The van der Waals surface area contributed by atoms with E-state index in [4.69, 9.17) is 14.2 Å². The summed E-state index contributed by atoms with van der Waals surface area (Å²) in [4.78, 5) is 24.5. The zero-order valence-corrected chi connectivity index (χ0v) is 20.1. The molecule has 0 aromatic heterocycles. The molecule has 0 heterocycles. The van der Waals surface area contributed by atoms with Crippen molar-refractivity contribution in [2.75, 3.05) is 25.6 Å². The lowest BCUT2D eigenvalue weighted by Gasteiger charge is -2.11. The van der Waals surface area contributed by atoms with Crippen LogP contribution in [0.4, 0.5) is 5.69 Å². The SMILES string of the molecule is CCCCCCOc1ccc(/C=C(\C#N)C(=O)Nc2ccc(C(=O)OCCC)cc2)cc1OC. The molecule has 2 aromatic carbocycles. The summed E-state index contributed by atoms with van der Waals surface area (Å²) in [5, 5.41) is 12.2. The number of benzene rings is 2. The van der Waals surface area contributed by atoms with Crippen molar-refractivity contribution in [1.82, 2.24) is 0 Å². The number of hydrogen-bond acceptors (Lipinski definition) is 6. The Kier molecular flexibility index (Phi) is 11.2. The Hall–Kier alpha value is -3.79. The number of carbonyl (C=O) groups is 2. The van der Waals surface area contributed by atoms with Gasteiger partial charge < -0.3 is 19.5 Å². The molecule has 2 rings (SSSR count). The van der Waals surface area contributed by atoms with Crippen LogP contribution in [0.5, 0.6) is 11.5 Å². The molecule has 0 fully saturated rings. The first-order valence-electron chi connectivity index (χ1n) is 11.5. The first-order chi connectivity index (χ1) is 16.5. The second kappa shape index (κ2) is 14.4. The van der Waals surface area contributed by atoms with Gasteiger partial charge in [-0.3, -0.25) is 4.79 Å². The molecule has 0 saturated carbocycles. The Bertz CT molecular complexity index is 1020. The number of methoxy groups -OCH3 is 1. The molecular weight excluding hydrogens is 432 g/mol. The third kappa shape index (κ3) is 8.28. The van der Waals surface area contributed by atoms with Crippen LogP contribution < -0.4 is 14.8 Å². The highest BCUT2D eigenvalue weighted by Crippen LogP contribution is 2.29. The summed E-state index contributed by atoms with van der Waals surface area (Å²) in [6.07, 6.45) is 6.66. The topological polar surface area (TPSA) is 97.7 Å². The van der Waals surface area contributed by atoms with E-state index in [9.17, 15) is 14.9 Å². The maximum Gasteiger partial charge on any atom is 0.338 e. The van der Waals surface area contributed by atoms with Crippen molar-refractivity contribution in [3.63, 3.8) is 0 Å². The maximum absolute atomic E-state index is 12.6. The number of ether oxygens (including phenoxy) is 3. The van der Waals surface area contributed by atoms with Crippen molar-refractivity contribution >= 4 is 23.6 Å². The van der Waals surface area contributed by atoms with Gasteiger partial charge in [-0.25, -0.2) is 4.79 Å². The number of nitrogens with one attached hydrogen (secondary N) is 1. The predicted molar refractivity (Wildman–Crippen MR) is 132 cm³/mol. The number of anilines is 1. The van der Waals surface area contributed by atoms with Gasteiger partial charge in [-0.2, -0.15) is 5.26 Å². The lowest BCUT2D eigenvalue weighted by atomic mass is 10.1. The normalized spacial score (nSPS) is 10.8. The smallest absolute Gasteiger partial charge is 0.338 e. The summed E-state index contributed by atoms with van der Waals surface area (Å²) in [6.45, 7) is 5.03. The molecule has 0 saturated heterocycles. The fraction of sp³-hybridized carbons (Fsp3) is 0.370. The molecule has 0 unspecified atom stereocenters. The van der Waals surface area contributed by atoms with E-state index in [0.717, 1.165) is 25.7 Å². The van der Waals surface area contributed by atoms with Gasteiger partial charge in [0.2, 0.25) is 0 Å². The van der Waals surface area contributed by atoms with Crippen molar-refractivity contribution in [3.8, 4) is 17.6 Å². The number of unbranched alkanes of at least 4 members (excludes halogenated alkanes) is 3. The molecule has 7 heteroatoms. The lowest BCUT2D eigenvalue weighted by Crippen LogP contribution is -2.13. The average Bonchev–Trinajstić information content (AvgIpc) is 2.86. The van der Waals surface area contributed by atoms with Crippen LogP contribution in [0.3, 0.4) is 0 Å². The van der Waals surface area contributed by atoms with Gasteiger partial charge in [0.05, 0.1) is 25.9 Å². The van der Waals surface area contributed by atoms with Crippen LogP contribution in [-0.2, 0) is 9.53 Å². The number of hydrogen-bond donors (Lipinski definition) is 1. The molecule has 7 nitrogen and oxygen atoms in total. The predicted octanol–water partition coefficient (Wildman–Crippen LogP) is 5.77. The minimum absolute atomic E-state index is 0.0679. The van der Waals surface area contributed by atoms with Gasteiger partial charge >= 0.3 is 5.97 Å². The molecule has 34 heavy (non-hydrogen) atoms. The highest BCUT2D eigenvalue weighted by Gasteiger charge is 2.12. The molecular formula is C27H32N2O5. The Balaban J connectivity index is 2.05. The third-order valence-electron chi connectivity index (χ3n) is 4.93. The van der Waals surface area contributed by atoms with E-state index in [-0.39, 0.29) is 5.57 Å². The summed E-state index contributed by atoms with van der Waals surface area (Å²) in [6, 6.07) is 13.5. The Labute approximate surface area is 201 Å². The Morgan fingerprint density at radius 1 is 0.971 bits per heavy atom. The second-order valence-corrected chi connectivity index (χ2v) is 7.66. The number of amides is 1. The van der Waals surface area contributed by atoms with E-state index < -0.39 is 11.9 Å². The summed E-state index contributed by atoms with van der Waals surface area (Å²) < 4.78 is 16.3. The maximum atomic E-state index is 12.6. The van der Waals surface area contributed by atoms with Gasteiger partial charge in [-0.05, 0) is 60.9 Å². The summed E-state index contributed by atoms with van der Waals surface area (Å²) in [5.74, 6) is 0.183. The van der Waals surface area contributed by atoms with E-state index in [1.807, 2.05) is 13.0 Å². The summed E-state index contributed by atoms with van der Waals surface area (Å²) in [5.41, 5.74) is 1.42. The first kappa shape index (κ1) is 26.5. The molecule has 1 amide bonds. The largest absolute Gasteiger partial charge is 0.493 e. The minimum Gasteiger partial charge on any atom is -0.493 e. The monoisotopic (exact) mass is 464 g/mol. The molecule has 2 aromatic rings. The van der Waals surface area contributed by atoms with E-state index >= 15 is 0 Å². The van der Waals surface area contributed by atoms with Gasteiger partial charge in [-0.15, -0.1) is 0 Å². The Morgan fingerprint density at radius 2 is 1.74 bits per heavy atom. The van der Waals surface area contributed by atoms with Crippen LogP contribution in [0.1, 0.15) is 61.9 Å². The van der Waals surface area contributed by atoms with Crippen LogP contribution >= 0.6 is 0 Å². The van der Waals surface area contributed by atoms with Crippen LogP contribution in [-0.4, -0.2) is 32.2 Å². The van der Waals surface area contributed by atoms with Crippen molar-refractivity contribution in [1.29, 1.82) is 5.26 Å². The molecule has 1 N–H and O–H groups in total. The van der Waals surface area contributed by atoms with E-state index in [0.29, 0.717) is 41.5 Å². The van der Waals surface area contributed by atoms with Crippen LogP contribution in [0.25, 0.3) is 6.08 Å². The van der Waals surface area contributed by atoms with Crippen molar-refractivity contribution in [2.45, 2.75) is 46.0 Å². The molecule has 0 aliphatic rings. The van der Waals surface area contributed by atoms with Crippen LogP contribution in [0.15, 0.2) is 48.0 Å². The highest BCUT2D eigenvalue weighted by atomic mass is 16.5. The number of rotatable bonds is 13. The minimum atomic E-state index is -0.556. The van der Waals surface area contributed by atoms with Crippen molar-refractivity contribution in [3.05, 3.63) is 59.2 Å². The van der Waals surface area contributed by atoms with E-state index in [1.165, 1.54) is 12.5 Å². The second-order valence-electron chi connectivity index (χ2n) is 7.66. The number of carbonyl (C=O) groups excluding carboxylic acids is 2. The lowest BCUT2D eigenvalue weighted by molar-refractivity contribution is -0.112. The van der Waals surface area contributed by atoms with E-state index in [2.05, 4.69) is 12.2 Å². The molecule has 0 aliphatic carbocycles. The average molecular weight is 465 g/mol. The van der Waals surface area contributed by atoms with Gasteiger partial charge in [0.1, 0.15) is 11.6 Å². The zero-order valence-electron chi connectivity index (χ0n) is 20.1. The van der Waals surface area contributed by atoms with Crippen LogP contribution in [0.2, 0.25) is 0 Å². The fourth-order valence-electron chi connectivity index (χ4n) is 3.09. The number of nitrogens with zero attached hydrogens (tertiary/aromatic N) is 1. The van der Waals surface area contributed by atoms with E-state index in [1.54, 1.807) is 49.6 Å². The standard InChI is InChI=1S/C27H32N2O5/c1-4-6-7-8-16-33-24-14-9-20(18-25(24)32-3)17-22(19-28)26(30)29-23-12-10-21(11-13-23)27(31)34-15-5-2/h9-14,17-18H,4-8,15-16H2,1-3H3,(H,29,30)/b22-17+. The van der Waals surface area contributed by atoms with Gasteiger partial charge in [0, 0.05) is 5.69 Å². The van der Waals surface area contributed by atoms with Gasteiger partial charge in [-0.1, -0.05) is 39.2 Å². The van der Waals surface area contributed by atoms with Crippen molar-refractivity contribution < 1.29 is 23.8 Å². The van der Waals surface area contributed by atoms with Gasteiger partial charge in [0.25, 0.3) is 5.91 Å². The number of nitriles is 1. The highest BCUT2D eigenvalue weighted by molar-refractivity contribution is 6.09. The molecule has 0 radical (unpaired) electrons. The van der Waals surface area contributed by atoms with Gasteiger partial charge in [0.15, 0.2) is 11.5 Å². The summed E-state index contributed by atoms with van der Waals surface area (Å²) >= 11 is 0. The molecule has 0 aliphatic heterocycles. The third-order valence-corrected chi connectivity index (χ3v) is 4.93. The fourth-order valence-corrected chi connectivity index (χ4v) is 3.09. The molecule has 0 spiro atoms. The van der Waals surface area contributed by atoms with Crippen LogP contribution in [0, 0.1) is 11.3 Å².